The normalized spacial score (nSPS) is 15.3. The Morgan fingerprint density at radius 3 is 1.54 bits per heavy atom. The summed E-state index contributed by atoms with van der Waals surface area (Å²) in [5.74, 6) is 0.673. The van der Waals surface area contributed by atoms with Gasteiger partial charge in [0.05, 0.1) is 11.1 Å². The number of rotatable bonds is 5. The average Bonchev–Trinajstić information content (AvgIpc) is 3.67. The molecule has 1 saturated carbocycles. The third-order valence-corrected chi connectivity index (χ3v) is 11.7. The highest BCUT2D eigenvalue weighted by atomic mass is 15.1. The molecule has 0 bridgehead atoms. The zero-order valence-corrected chi connectivity index (χ0v) is 28.2. The summed E-state index contributed by atoms with van der Waals surface area (Å²) < 4.78 is 0. The first-order valence-corrected chi connectivity index (χ1v) is 18.3. The third-order valence-electron chi connectivity index (χ3n) is 11.7. The SMILES string of the molecule is c1ccc(-c2ccc(N(c3ccc(C4CCCCC4)cc3)c3cccc4c3-c3ccccc3C43c4ccccc4-c4ccccc43)cc2)cc1. The highest BCUT2D eigenvalue weighted by molar-refractivity contribution is 6.01. The Morgan fingerprint density at radius 1 is 0.400 bits per heavy atom. The molecule has 50 heavy (non-hydrogen) atoms. The monoisotopic (exact) mass is 641 g/mol. The van der Waals surface area contributed by atoms with Gasteiger partial charge in [0.25, 0.3) is 0 Å². The molecular formula is C49H39N. The molecule has 3 aliphatic carbocycles. The molecule has 1 fully saturated rings. The maximum Gasteiger partial charge on any atom is 0.0726 e. The Hall–Kier alpha value is -5.66. The molecule has 1 spiro atoms. The lowest BCUT2D eigenvalue weighted by molar-refractivity contribution is 0.443. The van der Waals surface area contributed by atoms with Crippen LogP contribution < -0.4 is 4.90 Å². The lowest BCUT2D eigenvalue weighted by atomic mass is 9.70. The highest BCUT2D eigenvalue weighted by Gasteiger charge is 2.52. The predicted molar refractivity (Wildman–Crippen MR) is 209 cm³/mol. The molecule has 0 radical (unpaired) electrons. The fourth-order valence-corrected chi connectivity index (χ4v) is 9.50. The van der Waals surface area contributed by atoms with E-state index in [-0.39, 0.29) is 5.41 Å². The van der Waals surface area contributed by atoms with Crippen molar-refractivity contribution in [1.82, 2.24) is 0 Å². The smallest absolute Gasteiger partial charge is 0.0726 e. The zero-order chi connectivity index (χ0) is 33.1. The van der Waals surface area contributed by atoms with E-state index in [1.54, 1.807) is 0 Å². The first-order chi connectivity index (χ1) is 24.8. The number of hydrogen-bond donors (Lipinski definition) is 0. The molecule has 1 nitrogen and oxygen atoms in total. The van der Waals surface area contributed by atoms with Crippen LogP contribution in [0.4, 0.5) is 17.1 Å². The van der Waals surface area contributed by atoms with Crippen LogP contribution in [0.1, 0.15) is 65.8 Å². The second-order valence-corrected chi connectivity index (χ2v) is 14.3. The molecule has 7 aromatic rings. The topological polar surface area (TPSA) is 3.24 Å². The number of anilines is 3. The summed E-state index contributed by atoms with van der Waals surface area (Å²) in [7, 11) is 0. The van der Waals surface area contributed by atoms with Gasteiger partial charge in [-0.25, -0.2) is 0 Å². The van der Waals surface area contributed by atoms with Gasteiger partial charge in [0.1, 0.15) is 0 Å². The maximum absolute atomic E-state index is 2.50. The van der Waals surface area contributed by atoms with E-state index in [1.807, 2.05) is 0 Å². The Morgan fingerprint density at radius 2 is 0.900 bits per heavy atom. The summed E-state index contributed by atoms with van der Waals surface area (Å²) in [6.45, 7) is 0. The fraction of sp³-hybridized carbons (Fsp3) is 0.143. The van der Waals surface area contributed by atoms with Gasteiger partial charge >= 0.3 is 0 Å². The number of fused-ring (bicyclic) bond motifs is 10. The molecule has 0 unspecified atom stereocenters. The van der Waals surface area contributed by atoms with Crippen molar-refractivity contribution in [2.45, 2.75) is 43.4 Å². The second kappa shape index (κ2) is 11.7. The Labute approximate surface area is 295 Å². The first kappa shape index (κ1) is 29.3. The van der Waals surface area contributed by atoms with Crippen LogP contribution in [0.3, 0.4) is 0 Å². The van der Waals surface area contributed by atoms with Crippen LogP contribution >= 0.6 is 0 Å². The first-order valence-electron chi connectivity index (χ1n) is 18.3. The summed E-state index contributed by atoms with van der Waals surface area (Å²) in [5.41, 5.74) is 17.9. The standard InChI is InChI=1S/C49H39N/c1-3-14-34(15-4-1)36-26-30-38(31-27-36)50(39-32-28-37(29-33-39)35-16-5-2-6-17-35)47-25-13-24-46-48(47)42-20-9-12-23-45(42)49(46)43-21-10-7-18-40(43)41-19-8-11-22-44(41)49/h1,3-4,7-15,18-33,35H,2,5-6,16-17H2. The molecule has 0 amide bonds. The van der Waals surface area contributed by atoms with E-state index in [0.29, 0.717) is 5.92 Å². The summed E-state index contributed by atoms with van der Waals surface area (Å²) in [5, 5.41) is 0. The van der Waals surface area contributed by atoms with Crippen molar-refractivity contribution in [1.29, 1.82) is 0 Å². The minimum Gasteiger partial charge on any atom is -0.310 e. The summed E-state index contributed by atoms with van der Waals surface area (Å²) in [6, 6.07) is 63.7. The van der Waals surface area contributed by atoms with Crippen LogP contribution in [0.5, 0.6) is 0 Å². The van der Waals surface area contributed by atoms with Gasteiger partial charge in [-0.3, -0.25) is 0 Å². The highest BCUT2D eigenvalue weighted by Crippen LogP contribution is 2.64. The van der Waals surface area contributed by atoms with Crippen molar-refractivity contribution in [3.8, 4) is 33.4 Å². The molecule has 0 aromatic heterocycles. The van der Waals surface area contributed by atoms with Gasteiger partial charge in [-0.15, -0.1) is 0 Å². The largest absolute Gasteiger partial charge is 0.310 e. The Kier molecular flexibility index (Phi) is 6.88. The van der Waals surface area contributed by atoms with E-state index in [0.717, 1.165) is 5.69 Å². The maximum atomic E-state index is 2.50. The molecule has 10 rings (SSSR count). The molecule has 0 N–H and O–H groups in total. The lowest BCUT2D eigenvalue weighted by Gasteiger charge is -2.32. The van der Waals surface area contributed by atoms with Crippen LogP contribution in [0, 0.1) is 0 Å². The molecule has 1 heteroatoms. The minimum absolute atomic E-state index is 0.372. The van der Waals surface area contributed by atoms with Crippen LogP contribution in [-0.2, 0) is 5.41 Å². The van der Waals surface area contributed by atoms with Crippen molar-refractivity contribution in [2.75, 3.05) is 4.90 Å². The van der Waals surface area contributed by atoms with E-state index >= 15 is 0 Å². The molecule has 0 saturated heterocycles. The molecule has 3 aliphatic rings. The van der Waals surface area contributed by atoms with Crippen molar-refractivity contribution < 1.29 is 0 Å². The van der Waals surface area contributed by atoms with Crippen molar-refractivity contribution in [3.05, 3.63) is 198 Å². The van der Waals surface area contributed by atoms with Gasteiger partial charge < -0.3 is 4.90 Å². The van der Waals surface area contributed by atoms with E-state index < -0.39 is 0 Å². The van der Waals surface area contributed by atoms with E-state index in [2.05, 4.69) is 175 Å². The number of hydrogen-bond acceptors (Lipinski definition) is 1. The van der Waals surface area contributed by atoms with Crippen LogP contribution in [0.15, 0.2) is 170 Å². The van der Waals surface area contributed by atoms with Gasteiger partial charge in [0.2, 0.25) is 0 Å². The van der Waals surface area contributed by atoms with Crippen LogP contribution in [0.25, 0.3) is 33.4 Å². The van der Waals surface area contributed by atoms with E-state index in [1.165, 1.54) is 105 Å². The van der Waals surface area contributed by atoms with Gasteiger partial charge in [-0.1, -0.05) is 159 Å². The quantitative estimate of drug-likeness (QED) is 0.181. The Balaban J connectivity index is 1.20. The lowest BCUT2D eigenvalue weighted by Crippen LogP contribution is -2.26. The number of nitrogens with zero attached hydrogens (tertiary/aromatic N) is 1. The van der Waals surface area contributed by atoms with Crippen molar-refractivity contribution in [2.24, 2.45) is 0 Å². The van der Waals surface area contributed by atoms with Gasteiger partial charge in [-0.2, -0.15) is 0 Å². The third kappa shape index (κ3) is 4.33. The van der Waals surface area contributed by atoms with E-state index in [4.69, 9.17) is 0 Å². The molecule has 240 valence electrons. The molecule has 7 aromatic carbocycles. The van der Waals surface area contributed by atoms with Crippen LogP contribution in [0.2, 0.25) is 0 Å². The predicted octanol–water partition coefficient (Wildman–Crippen LogP) is 13.2. The molecule has 0 heterocycles. The molecular weight excluding hydrogens is 603 g/mol. The molecule has 0 atom stereocenters. The molecule has 0 aliphatic heterocycles. The van der Waals surface area contributed by atoms with Gasteiger partial charge in [0, 0.05) is 16.9 Å². The average molecular weight is 642 g/mol. The minimum atomic E-state index is -0.372. The van der Waals surface area contributed by atoms with Crippen molar-refractivity contribution >= 4 is 17.1 Å². The van der Waals surface area contributed by atoms with E-state index in [9.17, 15) is 0 Å². The zero-order valence-electron chi connectivity index (χ0n) is 28.2. The Bertz CT molecular complexity index is 2300. The fourth-order valence-electron chi connectivity index (χ4n) is 9.50. The summed E-state index contributed by atoms with van der Waals surface area (Å²) in [4.78, 5) is 2.50. The van der Waals surface area contributed by atoms with Gasteiger partial charge in [-0.05, 0) is 105 Å². The summed E-state index contributed by atoms with van der Waals surface area (Å²) in [6.07, 6.45) is 6.67. The van der Waals surface area contributed by atoms with Gasteiger partial charge in [0.15, 0.2) is 0 Å². The van der Waals surface area contributed by atoms with Crippen LogP contribution in [-0.4, -0.2) is 0 Å². The van der Waals surface area contributed by atoms with Crippen molar-refractivity contribution in [3.63, 3.8) is 0 Å². The number of benzene rings is 7. The summed E-state index contributed by atoms with van der Waals surface area (Å²) >= 11 is 0. The second-order valence-electron chi connectivity index (χ2n) is 14.3.